The fraction of sp³-hybridized carbons (Fsp3) is 0.500. The van der Waals surface area contributed by atoms with E-state index in [4.69, 9.17) is 4.74 Å². The Kier molecular flexibility index (Phi) is 5.58. The SMILES string of the molecule is O=C(NCCCN1CCCCS1(=O)=O)Oc1ccccc1. The predicted molar refractivity (Wildman–Crippen MR) is 79.7 cm³/mol. The van der Waals surface area contributed by atoms with Crippen LogP contribution in [0.5, 0.6) is 5.75 Å². The van der Waals surface area contributed by atoms with E-state index < -0.39 is 16.1 Å². The van der Waals surface area contributed by atoms with E-state index in [0.29, 0.717) is 31.8 Å². The first-order valence-electron chi connectivity index (χ1n) is 7.06. The van der Waals surface area contributed by atoms with Crippen LogP contribution in [0.3, 0.4) is 0 Å². The quantitative estimate of drug-likeness (QED) is 0.838. The highest BCUT2D eigenvalue weighted by molar-refractivity contribution is 7.89. The number of nitrogens with zero attached hydrogens (tertiary/aromatic N) is 1. The van der Waals surface area contributed by atoms with Gasteiger partial charge in [0.2, 0.25) is 10.0 Å². The maximum Gasteiger partial charge on any atom is 0.412 e. The molecule has 1 amide bonds. The average molecular weight is 312 g/mol. The van der Waals surface area contributed by atoms with Gasteiger partial charge in [-0.15, -0.1) is 0 Å². The first-order chi connectivity index (χ1) is 10.1. The van der Waals surface area contributed by atoms with Crippen LogP contribution in [0.25, 0.3) is 0 Å². The Hall–Kier alpha value is -1.60. The molecule has 1 aromatic carbocycles. The summed E-state index contributed by atoms with van der Waals surface area (Å²) in [4.78, 5) is 11.5. The van der Waals surface area contributed by atoms with E-state index in [-0.39, 0.29) is 5.75 Å². The molecule has 7 heteroatoms. The van der Waals surface area contributed by atoms with E-state index in [1.165, 1.54) is 4.31 Å². The molecule has 1 N–H and O–H groups in total. The minimum Gasteiger partial charge on any atom is -0.410 e. The molecular formula is C14H20N2O4S. The van der Waals surface area contributed by atoms with Crippen LogP contribution in [0.4, 0.5) is 4.79 Å². The lowest BCUT2D eigenvalue weighted by Crippen LogP contribution is -2.39. The third-order valence-electron chi connectivity index (χ3n) is 3.26. The van der Waals surface area contributed by atoms with Crippen LogP contribution in [-0.2, 0) is 10.0 Å². The number of hydrogen-bond acceptors (Lipinski definition) is 4. The summed E-state index contributed by atoms with van der Waals surface area (Å²) in [7, 11) is -3.08. The molecule has 0 aromatic heterocycles. The molecule has 6 nitrogen and oxygen atoms in total. The Labute approximate surface area is 125 Å². The Morgan fingerprint density at radius 1 is 1.24 bits per heavy atom. The summed E-state index contributed by atoms with van der Waals surface area (Å²) in [5.41, 5.74) is 0. The Bertz CT molecular complexity index is 560. The van der Waals surface area contributed by atoms with E-state index in [2.05, 4.69) is 5.32 Å². The zero-order valence-corrected chi connectivity index (χ0v) is 12.6. The van der Waals surface area contributed by atoms with Crippen LogP contribution < -0.4 is 10.1 Å². The average Bonchev–Trinajstić information content (AvgIpc) is 2.46. The maximum atomic E-state index is 11.8. The number of sulfonamides is 1. The smallest absolute Gasteiger partial charge is 0.410 e. The van der Waals surface area contributed by atoms with Gasteiger partial charge in [-0.3, -0.25) is 0 Å². The highest BCUT2D eigenvalue weighted by Gasteiger charge is 2.24. The van der Waals surface area contributed by atoms with Gasteiger partial charge in [-0.05, 0) is 31.4 Å². The molecular weight excluding hydrogens is 292 g/mol. The largest absolute Gasteiger partial charge is 0.412 e. The van der Waals surface area contributed by atoms with Crippen LogP contribution in [0, 0.1) is 0 Å². The number of carbonyl (C=O) groups excluding carboxylic acids is 1. The van der Waals surface area contributed by atoms with Crippen molar-refractivity contribution in [2.45, 2.75) is 19.3 Å². The van der Waals surface area contributed by atoms with Crippen LogP contribution in [0.1, 0.15) is 19.3 Å². The molecule has 0 spiro atoms. The number of ether oxygens (including phenoxy) is 1. The Morgan fingerprint density at radius 3 is 2.71 bits per heavy atom. The summed E-state index contributed by atoms with van der Waals surface area (Å²) in [5, 5.41) is 2.62. The summed E-state index contributed by atoms with van der Waals surface area (Å²) in [6.07, 6.45) is 1.69. The van der Waals surface area contributed by atoms with Crippen molar-refractivity contribution in [1.29, 1.82) is 0 Å². The number of amides is 1. The molecule has 1 aliphatic heterocycles. The summed E-state index contributed by atoms with van der Waals surface area (Å²) in [5.74, 6) is 0.713. The van der Waals surface area contributed by atoms with Crippen molar-refractivity contribution >= 4 is 16.1 Å². The van der Waals surface area contributed by atoms with Crippen molar-refractivity contribution in [3.8, 4) is 5.75 Å². The zero-order chi connectivity index (χ0) is 15.1. The Balaban J connectivity index is 1.66. The van der Waals surface area contributed by atoms with Crippen LogP contribution in [-0.4, -0.2) is 44.2 Å². The van der Waals surface area contributed by atoms with Crippen molar-refractivity contribution in [1.82, 2.24) is 9.62 Å². The molecule has 2 rings (SSSR count). The van der Waals surface area contributed by atoms with Gasteiger partial charge in [0.1, 0.15) is 5.75 Å². The lowest BCUT2D eigenvalue weighted by atomic mass is 10.3. The van der Waals surface area contributed by atoms with Gasteiger partial charge in [-0.2, -0.15) is 0 Å². The second-order valence-electron chi connectivity index (χ2n) is 4.91. The molecule has 0 unspecified atom stereocenters. The lowest BCUT2D eigenvalue weighted by molar-refractivity contribution is 0.200. The van der Waals surface area contributed by atoms with Crippen LogP contribution in [0.2, 0.25) is 0 Å². The van der Waals surface area contributed by atoms with E-state index in [0.717, 1.165) is 12.8 Å². The molecule has 0 saturated carbocycles. The number of hydrogen-bond donors (Lipinski definition) is 1. The van der Waals surface area contributed by atoms with Gasteiger partial charge in [0.15, 0.2) is 0 Å². The molecule has 1 saturated heterocycles. The second-order valence-corrected chi connectivity index (χ2v) is 6.99. The van der Waals surface area contributed by atoms with Gasteiger partial charge in [0.25, 0.3) is 0 Å². The van der Waals surface area contributed by atoms with Crippen molar-refractivity contribution in [3.05, 3.63) is 30.3 Å². The number of nitrogens with one attached hydrogen (secondary N) is 1. The predicted octanol–water partition coefficient (Wildman–Crippen LogP) is 1.59. The van der Waals surface area contributed by atoms with Gasteiger partial charge in [-0.1, -0.05) is 18.2 Å². The van der Waals surface area contributed by atoms with Crippen LogP contribution in [0.15, 0.2) is 30.3 Å². The van der Waals surface area contributed by atoms with E-state index in [9.17, 15) is 13.2 Å². The molecule has 0 aliphatic carbocycles. The van der Waals surface area contributed by atoms with Crippen molar-refractivity contribution in [2.24, 2.45) is 0 Å². The highest BCUT2D eigenvalue weighted by Crippen LogP contribution is 2.13. The summed E-state index contributed by atoms with van der Waals surface area (Å²) >= 11 is 0. The molecule has 0 bridgehead atoms. The minimum atomic E-state index is -3.08. The number of para-hydroxylation sites is 1. The van der Waals surface area contributed by atoms with Gasteiger partial charge < -0.3 is 10.1 Å². The third kappa shape index (κ3) is 5.02. The first-order valence-corrected chi connectivity index (χ1v) is 8.67. The van der Waals surface area contributed by atoms with Gasteiger partial charge in [0, 0.05) is 19.6 Å². The topological polar surface area (TPSA) is 75.7 Å². The number of carbonyl (C=O) groups is 1. The maximum absolute atomic E-state index is 11.8. The minimum absolute atomic E-state index is 0.233. The second kappa shape index (κ2) is 7.42. The summed E-state index contributed by atoms with van der Waals surface area (Å²) in [6.45, 7) is 1.41. The Morgan fingerprint density at radius 2 is 2.00 bits per heavy atom. The fourth-order valence-corrected chi connectivity index (χ4v) is 3.81. The van der Waals surface area contributed by atoms with Crippen molar-refractivity contribution in [3.63, 3.8) is 0 Å². The fourth-order valence-electron chi connectivity index (χ4n) is 2.17. The van der Waals surface area contributed by atoms with E-state index in [1.54, 1.807) is 24.3 Å². The molecule has 1 aliphatic rings. The van der Waals surface area contributed by atoms with Crippen molar-refractivity contribution < 1.29 is 17.9 Å². The van der Waals surface area contributed by atoms with Gasteiger partial charge in [0.05, 0.1) is 5.75 Å². The normalized spacial score (nSPS) is 18.1. The number of benzene rings is 1. The monoisotopic (exact) mass is 312 g/mol. The van der Waals surface area contributed by atoms with Crippen LogP contribution >= 0.6 is 0 Å². The third-order valence-corrected chi connectivity index (χ3v) is 5.22. The molecule has 21 heavy (non-hydrogen) atoms. The standard InChI is InChI=1S/C14H20N2O4S/c17-14(20-13-7-2-1-3-8-13)15-9-6-11-16-10-4-5-12-21(16,18)19/h1-3,7-8H,4-6,9-12H2,(H,15,17). The van der Waals surface area contributed by atoms with E-state index >= 15 is 0 Å². The molecule has 0 radical (unpaired) electrons. The van der Waals surface area contributed by atoms with Gasteiger partial charge >= 0.3 is 6.09 Å². The molecule has 116 valence electrons. The first kappa shape index (κ1) is 15.8. The molecule has 1 heterocycles. The van der Waals surface area contributed by atoms with E-state index in [1.807, 2.05) is 6.07 Å². The number of rotatable bonds is 5. The molecule has 1 aromatic rings. The van der Waals surface area contributed by atoms with Crippen molar-refractivity contribution in [2.75, 3.05) is 25.4 Å². The van der Waals surface area contributed by atoms with Gasteiger partial charge in [-0.25, -0.2) is 17.5 Å². The highest BCUT2D eigenvalue weighted by atomic mass is 32.2. The lowest BCUT2D eigenvalue weighted by Gasteiger charge is -2.26. The molecule has 1 fully saturated rings. The zero-order valence-electron chi connectivity index (χ0n) is 11.8. The summed E-state index contributed by atoms with van der Waals surface area (Å²) in [6, 6.07) is 8.79. The summed E-state index contributed by atoms with van der Waals surface area (Å²) < 4.78 is 30.1. The molecule has 0 atom stereocenters.